The Morgan fingerprint density at radius 1 is 1.59 bits per heavy atom. The van der Waals surface area contributed by atoms with Gasteiger partial charge in [-0.15, -0.1) is 0 Å². The van der Waals surface area contributed by atoms with E-state index in [-0.39, 0.29) is 24.3 Å². The molecule has 6 heteroatoms. The number of amides is 1. The summed E-state index contributed by atoms with van der Waals surface area (Å²) in [7, 11) is 1.46. The van der Waals surface area contributed by atoms with Gasteiger partial charge in [-0.05, 0) is 19.8 Å². The molecule has 1 aliphatic rings. The van der Waals surface area contributed by atoms with Gasteiger partial charge in [0.25, 0.3) is 0 Å². The Bertz CT molecular complexity index is 270. The molecule has 0 aliphatic carbocycles. The molecule has 6 nitrogen and oxygen atoms in total. The summed E-state index contributed by atoms with van der Waals surface area (Å²) in [6.07, 6.45) is 1.43. The molecule has 17 heavy (non-hydrogen) atoms. The number of rotatable bonds is 7. The molecule has 1 saturated heterocycles. The maximum atomic E-state index is 12.0. The zero-order chi connectivity index (χ0) is 12.7. The summed E-state index contributed by atoms with van der Waals surface area (Å²) in [5.74, 6) is 0.0191. The van der Waals surface area contributed by atoms with Gasteiger partial charge in [-0.2, -0.15) is 0 Å². The standard InChI is InChI=1S/C11H20N2O4/c1-9(14)8-13-6-5-12-10(11(13)15)4-3-7-17-16-2/h10,12H,3-8H2,1-2H3/t10-/m1/s1. The van der Waals surface area contributed by atoms with Crippen molar-refractivity contribution in [1.29, 1.82) is 0 Å². The molecule has 1 heterocycles. The zero-order valence-electron chi connectivity index (χ0n) is 10.4. The average Bonchev–Trinajstić information content (AvgIpc) is 2.28. The second-order valence-electron chi connectivity index (χ2n) is 4.10. The lowest BCUT2D eigenvalue weighted by Gasteiger charge is -2.32. The summed E-state index contributed by atoms with van der Waals surface area (Å²) in [6, 6.07) is -0.205. The van der Waals surface area contributed by atoms with Crippen molar-refractivity contribution in [1.82, 2.24) is 10.2 Å². The first-order valence-corrected chi connectivity index (χ1v) is 5.82. The second kappa shape index (κ2) is 7.37. The van der Waals surface area contributed by atoms with Crippen LogP contribution in [0.2, 0.25) is 0 Å². The number of ketones is 1. The molecule has 0 radical (unpaired) electrons. The third-order valence-corrected chi connectivity index (χ3v) is 2.63. The smallest absolute Gasteiger partial charge is 0.240 e. The molecule has 1 rings (SSSR count). The molecule has 1 atom stereocenters. The van der Waals surface area contributed by atoms with E-state index in [2.05, 4.69) is 10.2 Å². The fraction of sp³-hybridized carbons (Fsp3) is 0.818. The largest absolute Gasteiger partial charge is 0.333 e. The van der Waals surface area contributed by atoms with Gasteiger partial charge in [0, 0.05) is 13.1 Å². The van der Waals surface area contributed by atoms with Crippen LogP contribution < -0.4 is 5.32 Å². The summed E-state index contributed by atoms with van der Waals surface area (Å²) in [5.41, 5.74) is 0. The van der Waals surface area contributed by atoms with E-state index < -0.39 is 0 Å². The van der Waals surface area contributed by atoms with Crippen molar-refractivity contribution in [3.05, 3.63) is 0 Å². The molecule has 0 unspecified atom stereocenters. The van der Waals surface area contributed by atoms with Crippen LogP contribution in [0.5, 0.6) is 0 Å². The van der Waals surface area contributed by atoms with Crippen molar-refractivity contribution < 1.29 is 19.4 Å². The molecule has 0 aromatic heterocycles. The molecule has 1 aliphatic heterocycles. The van der Waals surface area contributed by atoms with E-state index in [9.17, 15) is 9.59 Å². The predicted molar refractivity (Wildman–Crippen MR) is 61.2 cm³/mol. The van der Waals surface area contributed by atoms with E-state index in [1.165, 1.54) is 14.0 Å². The number of hydrogen-bond donors (Lipinski definition) is 1. The van der Waals surface area contributed by atoms with Crippen molar-refractivity contribution in [2.24, 2.45) is 0 Å². The summed E-state index contributed by atoms with van der Waals surface area (Å²) < 4.78 is 0. The maximum absolute atomic E-state index is 12.0. The Hall–Kier alpha value is -0.980. The van der Waals surface area contributed by atoms with Crippen LogP contribution in [0.4, 0.5) is 0 Å². The Kier molecular flexibility index (Phi) is 6.10. The molecule has 1 fully saturated rings. The molecule has 98 valence electrons. The first-order valence-electron chi connectivity index (χ1n) is 5.82. The number of carbonyl (C=O) groups is 2. The summed E-state index contributed by atoms with van der Waals surface area (Å²) in [4.78, 5) is 33.8. The number of carbonyl (C=O) groups excluding carboxylic acids is 2. The van der Waals surface area contributed by atoms with Crippen LogP contribution in [0.3, 0.4) is 0 Å². The minimum Gasteiger partial charge on any atom is -0.333 e. The number of piperazine rings is 1. The lowest BCUT2D eigenvalue weighted by Crippen LogP contribution is -2.55. The third kappa shape index (κ3) is 4.80. The van der Waals surface area contributed by atoms with Gasteiger partial charge in [0.1, 0.15) is 5.78 Å². The number of nitrogens with zero attached hydrogens (tertiary/aromatic N) is 1. The molecular formula is C11H20N2O4. The molecule has 0 saturated carbocycles. The highest BCUT2D eigenvalue weighted by atomic mass is 17.2. The quantitative estimate of drug-likeness (QED) is 0.379. The van der Waals surface area contributed by atoms with Gasteiger partial charge in [-0.1, -0.05) is 0 Å². The van der Waals surface area contributed by atoms with Gasteiger partial charge in [0.15, 0.2) is 0 Å². The van der Waals surface area contributed by atoms with Crippen molar-refractivity contribution >= 4 is 11.7 Å². The van der Waals surface area contributed by atoms with E-state index in [1.807, 2.05) is 0 Å². The van der Waals surface area contributed by atoms with E-state index >= 15 is 0 Å². The fourth-order valence-electron chi connectivity index (χ4n) is 1.87. The van der Waals surface area contributed by atoms with Crippen LogP contribution in [-0.4, -0.2) is 56.0 Å². The average molecular weight is 244 g/mol. The third-order valence-electron chi connectivity index (χ3n) is 2.63. The summed E-state index contributed by atoms with van der Waals surface area (Å²) in [5, 5.41) is 3.15. The van der Waals surface area contributed by atoms with E-state index in [4.69, 9.17) is 4.89 Å². The molecule has 1 amide bonds. The van der Waals surface area contributed by atoms with Crippen LogP contribution in [0.1, 0.15) is 19.8 Å². The monoisotopic (exact) mass is 244 g/mol. The van der Waals surface area contributed by atoms with Crippen molar-refractivity contribution in [2.75, 3.05) is 33.4 Å². The Labute approximate surface area is 101 Å². The van der Waals surface area contributed by atoms with Crippen molar-refractivity contribution in [2.45, 2.75) is 25.8 Å². The highest BCUT2D eigenvalue weighted by molar-refractivity contribution is 5.87. The van der Waals surface area contributed by atoms with Crippen LogP contribution in [0.15, 0.2) is 0 Å². The van der Waals surface area contributed by atoms with Crippen LogP contribution in [0, 0.1) is 0 Å². The van der Waals surface area contributed by atoms with Gasteiger partial charge >= 0.3 is 0 Å². The maximum Gasteiger partial charge on any atom is 0.240 e. The minimum atomic E-state index is -0.205. The highest BCUT2D eigenvalue weighted by Crippen LogP contribution is 2.07. The van der Waals surface area contributed by atoms with Gasteiger partial charge in [0.05, 0.1) is 26.3 Å². The summed E-state index contributed by atoms with van der Waals surface area (Å²) in [6.45, 7) is 3.51. The predicted octanol–water partition coefficient (Wildman–Crippen LogP) is -0.266. The van der Waals surface area contributed by atoms with Crippen LogP contribution >= 0.6 is 0 Å². The van der Waals surface area contributed by atoms with E-state index in [1.54, 1.807) is 4.90 Å². The topological polar surface area (TPSA) is 67.9 Å². The van der Waals surface area contributed by atoms with Gasteiger partial charge in [-0.25, -0.2) is 9.78 Å². The van der Waals surface area contributed by atoms with Crippen LogP contribution in [0.25, 0.3) is 0 Å². The van der Waals surface area contributed by atoms with Gasteiger partial charge < -0.3 is 10.2 Å². The summed E-state index contributed by atoms with van der Waals surface area (Å²) >= 11 is 0. The molecule has 0 bridgehead atoms. The number of hydrogen-bond acceptors (Lipinski definition) is 5. The highest BCUT2D eigenvalue weighted by Gasteiger charge is 2.28. The normalized spacial score (nSPS) is 20.7. The minimum absolute atomic E-state index is 0.00358. The fourth-order valence-corrected chi connectivity index (χ4v) is 1.87. The molecule has 0 aromatic rings. The lowest BCUT2D eigenvalue weighted by molar-refractivity contribution is -0.272. The molecular weight excluding hydrogens is 224 g/mol. The Balaban J connectivity index is 2.34. The van der Waals surface area contributed by atoms with Crippen molar-refractivity contribution in [3.63, 3.8) is 0 Å². The number of nitrogens with one attached hydrogen (secondary N) is 1. The van der Waals surface area contributed by atoms with Crippen molar-refractivity contribution in [3.8, 4) is 0 Å². The van der Waals surface area contributed by atoms with E-state index in [0.29, 0.717) is 19.6 Å². The first-order chi connectivity index (χ1) is 8.15. The SMILES string of the molecule is COOCCC[C@H]1NCCN(CC(C)=O)C1=O. The molecule has 0 aromatic carbocycles. The van der Waals surface area contributed by atoms with Crippen LogP contribution in [-0.2, 0) is 19.4 Å². The Morgan fingerprint density at radius 2 is 2.35 bits per heavy atom. The Morgan fingerprint density at radius 3 is 3.00 bits per heavy atom. The second-order valence-corrected chi connectivity index (χ2v) is 4.10. The zero-order valence-corrected chi connectivity index (χ0v) is 10.4. The molecule has 1 N–H and O–H groups in total. The first kappa shape index (κ1) is 14.1. The number of Topliss-reactive ketones (excluding diaryl/α,β-unsaturated/α-hetero) is 1. The van der Waals surface area contributed by atoms with Gasteiger partial charge in [-0.3, -0.25) is 9.59 Å². The van der Waals surface area contributed by atoms with E-state index in [0.717, 1.165) is 13.0 Å². The van der Waals surface area contributed by atoms with Gasteiger partial charge in [0.2, 0.25) is 5.91 Å². The lowest BCUT2D eigenvalue weighted by atomic mass is 10.1. The molecule has 0 spiro atoms.